The third-order valence-corrected chi connectivity index (χ3v) is 4.21. The summed E-state index contributed by atoms with van der Waals surface area (Å²) in [6.07, 6.45) is 2.73. The van der Waals surface area contributed by atoms with Gasteiger partial charge in [-0.2, -0.15) is 5.10 Å². The van der Waals surface area contributed by atoms with Crippen LogP contribution in [0.2, 0.25) is 5.02 Å². The number of benzene rings is 1. The number of H-pyrrole nitrogens is 1. The van der Waals surface area contributed by atoms with Crippen LogP contribution in [0.1, 0.15) is 41.9 Å². The molecule has 0 aliphatic heterocycles. The van der Waals surface area contributed by atoms with E-state index >= 15 is 0 Å². The van der Waals surface area contributed by atoms with Gasteiger partial charge in [-0.15, -0.1) is 0 Å². The Labute approximate surface area is 134 Å². The van der Waals surface area contributed by atoms with Crippen LogP contribution in [-0.2, 0) is 19.4 Å². The lowest BCUT2D eigenvalue weighted by atomic mass is 10.1. The van der Waals surface area contributed by atoms with Gasteiger partial charge in [0, 0.05) is 5.02 Å². The van der Waals surface area contributed by atoms with E-state index < -0.39 is 0 Å². The summed E-state index contributed by atoms with van der Waals surface area (Å²) in [5, 5.41) is 13.7. The van der Waals surface area contributed by atoms with Crippen LogP contribution in [0.25, 0.3) is 0 Å². The topological polar surface area (TPSA) is 69.8 Å². The van der Waals surface area contributed by atoms with Gasteiger partial charge in [0.15, 0.2) is 0 Å². The number of rotatable bonds is 4. The summed E-state index contributed by atoms with van der Waals surface area (Å²) >= 11 is 6.00. The number of aromatic amines is 1. The standard InChI is InChI=1S/C16H19ClN4O/c1-2-12-8-13(21-20-12)9-18-16(22)19-15-6-3-10-7-11(17)4-5-14(10)15/h4-5,7-8,15H,2-3,6,9H2,1H3,(H,20,21)(H2,18,19,22). The summed E-state index contributed by atoms with van der Waals surface area (Å²) in [6.45, 7) is 2.49. The minimum absolute atomic E-state index is 0.0558. The summed E-state index contributed by atoms with van der Waals surface area (Å²) in [5.41, 5.74) is 4.29. The molecular weight excluding hydrogens is 300 g/mol. The molecule has 1 aromatic carbocycles. The summed E-state index contributed by atoms with van der Waals surface area (Å²) in [7, 11) is 0. The van der Waals surface area contributed by atoms with Crippen molar-refractivity contribution in [2.24, 2.45) is 0 Å². The predicted octanol–water partition coefficient (Wildman–Crippen LogP) is 3.11. The molecule has 0 saturated carbocycles. The number of nitrogens with zero attached hydrogens (tertiary/aromatic N) is 1. The normalized spacial score (nSPS) is 16.4. The summed E-state index contributed by atoms with van der Waals surface area (Å²) in [6, 6.07) is 7.70. The van der Waals surface area contributed by atoms with E-state index in [1.54, 1.807) is 0 Å². The Kier molecular flexibility index (Phi) is 4.34. The Morgan fingerprint density at radius 2 is 2.32 bits per heavy atom. The molecule has 0 fully saturated rings. The van der Waals surface area contributed by atoms with Crippen molar-refractivity contribution in [1.82, 2.24) is 20.8 Å². The Morgan fingerprint density at radius 3 is 3.09 bits per heavy atom. The van der Waals surface area contributed by atoms with Gasteiger partial charge in [0.2, 0.25) is 0 Å². The van der Waals surface area contributed by atoms with Crippen LogP contribution in [0.5, 0.6) is 0 Å². The zero-order valence-corrected chi connectivity index (χ0v) is 13.2. The smallest absolute Gasteiger partial charge is 0.315 e. The summed E-state index contributed by atoms with van der Waals surface area (Å²) in [4.78, 5) is 12.0. The van der Waals surface area contributed by atoms with Crippen molar-refractivity contribution in [2.45, 2.75) is 38.8 Å². The van der Waals surface area contributed by atoms with E-state index in [0.29, 0.717) is 6.54 Å². The molecule has 6 heteroatoms. The van der Waals surface area contributed by atoms with Gasteiger partial charge < -0.3 is 10.6 Å². The van der Waals surface area contributed by atoms with Crippen molar-refractivity contribution in [3.05, 3.63) is 51.8 Å². The van der Waals surface area contributed by atoms with Crippen molar-refractivity contribution in [2.75, 3.05) is 0 Å². The van der Waals surface area contributed by atoms with E-state index in [0.717, 1.165) is 41.2 Å². The number of carbonyl (C=O) groups excluding carboxylic acids is 1. The highest BCUT2D eigenvalue weighted by molar-refractivity contribution is 6.30. The maximum absolute atomic E-state index is 12.0. The van der Waals surface area contributed by atoms with E-state index in [4.69, 9.17) is 11.6 Å². The fourth-order valence-electron chi connectivity index (χ4n) is 2.80. The molecule has 0 bridgehead atoms. The van der Waals surface area contributed by atoms with E-state index in [-0.39, 0.29) is 12.1 Å². The first-order chi connectivity index (χ1) is 10.7. The van der Waals surface area contributed by atoms with Crippen LogP contribution < -0.4 is 10.6 Å². The quantitative estimate of drug-likeness (QED) is 0.810. The maximum atomic E-state index is 12.0. The number of amides is 2. The monoisotopic (exact) mass is 318 g/mol. The highest BCUT2D eigenvalue weighted by atomic mass is 35.5. The van der Waals surface area contributed by atoms with Crippen LogP contribution in [-0.4, -0.2) is 16.2 Å². The zero-order chi connectivity index (χ0) is 15.5. The highest BCUT2D eigenvalue weighted by Crippen LogP contribution is 2.32. The van der Waals surface area contributed by atoms with Crippen molar-refractivity contribution >= 4 is 17.6 Å². The number of hydrogen-bond acceptors (Lipinski definition) is 2. The van der Waals surface area contributed by atoms with Crippen molar-refractivity contribution in [1.29, 1.82) is 0 Å². The molecule has 0 spiro atoms. The Balaban J connectivity index is 1.55. The number of aryl methyl sites for hydroxylation is 2. The van der Waals surface area contributed by atoms with Crippen LogP contribution in [0.3, 0.4) is 0 Å². The Morgan fingerprint density at radius 1 is 1.45 bits per heavy atom. The van der Waals surface area contributed by atoms with E-state index in [2.05, 4.69) is 20.8 Å². The molecule has 0 radical (unpaired) electrons. The molecule has 116 valence electrons. The van der Waals surface area contributed by atoms with Gasteiger partial charge in [-0.25, -0.2) is 4.79 Å². The van der Waals surface area contributed by atoms with Gasteiger partial charge in [-0.05, 0) is 48.6 Å². The largest absolute Gasteiger partial charge is 0.333 e. The number of nitrogens with one attached hydrogen (secondary N) is 3. The second-order valence-corrected chi connectivity index (χ2v) is 5.94. The maximum Gasteiger partial charge on any atom is 0.315 e. The molecule has 1 aromatic heterocycles. The van der Waals surface area contributed by atoms with Gasteiger partial charge in [0.25, 0.3) is 0 Å². The first kappa shape index (κ1) is 14.9. The van der Waals surface area contributed by atoms with Gasteiger partial charge >= 0.3 is 6.03 Å². The minimum Gasteiger partial charge on any atom is -0.333 e. The molecule has 2 amide bonds. The van der Waals surface area contributed by atoms with Crippen LogP contribution >= 0.6 is 11.6 Å². The average molecular weight is 319 g/mol. The Bertz CT molecular complexity index is 683. The lowest BCUT2D eigenvalue weighted by Gasteiger charge is -2.14. The van der Waals surface area contributed by atoms with Crippen LogP contribution in [0.15, 0.2) is 24.3 Å². The molecule has 1 unspecified atom stereocenters. The number of urea groups is 1. The molecule has 3 rings (SSSR count). The van der Waals surface area contributed by atoms with E-state index in [9.17, 15) is 4.79 Å². The molecule has 3 N–H and O–H groups in total. The molecule has 1 aliphatic carbocycles. The SMILES string of the molecule is CCc1cc(CNC(=O)NC2CCc3cc(Cl)ccc32)[nH]n1. The van der Waals surface area contributed by atoms with E-state index in [1.807, 2.05) is 31.2 Å². The van der Waals surface area contributed by atoms with Gasteiger partial charge in [-0.3, -0.25) is 5.10 Å². The average Bonchev–Trinajstić information content (AvgIpc) is 3.12. The zero-order valence-electron chi connectivity index (χ0n) is 12.4. The molecule has 2 aromatic rings. The number of halogens is 1. The molecule has 22 heavy (non-hydrogen) atoms. The summed E-state index contributed by atoms with van der Waals surface area (Å²) in [5.74, 6) is 0. The van der Waals surface area contributed by atoms with Gasteiger partial charge in [0.1, 0.15) is 0 Å². The number of hydrogen-bond donors (Lipinski definition) is 3. The van der Waals surface area contributed by atoms with Crippen molar-refractivity contribution in [3.63, 3.8) is 0 Å². The Hall–Kier alpha value is -2.01. The number of fused-ring (bicyclic) bond motifs is 1. The molecule has 5 nitrogen and oxygen atoms in total. The lowest BCUT2D eigenvalue weighted by Crippen LogP contribution is -2.37. The summed E-state index contributed by atoms with van der Waals surface area (Å²) < 4.78 is 0. The number of aromatic nitrogens is 2. The molecule has 1 heterocycles. The second-order valence-electron chi connectivity index (χ2n) is 5.50. The third kappa shape index (κ3) is 3.25. The second kappa shape index (κ2) is 6.40. The first-order valence-electron chi connectivity index (χ1n) is 7.51. The van der Waals surface area contributed by atoms with E-state index in [1.165, 1.54) is 5.56 Å². The van der Waals surface area contributed by atoms with Gasteiger partial charge in [0.05, 0.1) is 24.0 Å². The molecule has 1 atom stereocenters. The highest BCUT2D eigenvalue weighted by Gasteiger charge is 2.23. The third-order valence-electron chi connectivity index (χ3n) is 3.97. The molecule has 0 saturated heterocycles. The fraction of sp³-hybridized carbons (Fsp3) is 0.375. The van der Waals surface area contributed by atoms with Gasteiger partial charge in [-0.1, -0.05) is 24.6 Å². The fourth-order valence-corrected chi connectivity index (χ4v) is 3.00. The lowest BCUT2D eigenvalue weighted by molar-refractivity contribution is 0.236. The van der Waals surface area contributed by atoms with Crippen molar-refractivity contribution in [3.8, 4) is 0 Å². The van der Waals surface area contributed by atoms with Crippen LogP contribution in [0.4, 0.5) is 4.79 Å². The van der Waals surface area contributed by atoms with Crippen molar-refractivity contribution < 1.29 is 4.79 Å². The van der Waals surface area contributed by atoms with Crippen LogP contribution in [0, 0.1) is 0 Å². The molecule has 1 aliphatic rings. The number of carbonyl (C=O) groups is 1. The minimum atomic E-state index is -0.166. The first-order valence-corrected chi connectivity index (χ1v) is 7.89. The molecular formula is C16H19ClN4O. The predicted molar refractivity (Wildman–Crippen MR) is 85.9 cm³/mol.